The van der Waals surface area contributed by atoms with Crippen molar-refractivity contribution in [2.75, 3.05) is 19.5 Å². The number of ether oxygens (including phenoxy) is 2. The number of carbonyl (C=O) groups excluding carboxylic acids is 1. The summed E-state index contributed by atoms with van der Waals surface area (Å²) >= 11 is 0. The highest BCUT2D eigenvalue weighted by Crippen LogP contribution is 2.30. The number of amides is 1. The third kappa shape index (κ3) is 4.05. The zero-order valence-corrected chi connectivity index (χ0v) is 14.1. The molecule has 0 atom stereocenters. The van der Waals surface area contributed by atoms with Gasteiger partial charge in [0.15, 0.2) is 11.5 Å². The van der Waals surface area contributed by atoms with Crippen molar-refractivity contribution in [3.63, 3.8) is 0 Å². The Morgan fingerprint density at radius 2 is 1.60 bits per heavy atom. The molecule has 0 saturated heterocycles. The summed E-state index contributed by atoms with van der Waals surface area (Å²) in [5.41, 5.74) is 0.537. The largest absolute Gasteiger partial charge is 0.493 e. The average molecular weight is 371 g/mol. The maximum Gasteiger partial charge on any atom is 0.341 e. The van der Waals surface area contributed by atoms with Gasteiger partial charge in [-0.1, -0.05) is 0 Å². The average Bonchev–Trinajstić information content (AvgIpc) is 2.61. The maximum atomic E-state index is 12.5. The van der Waals surface area contributed by atoms with Crippen molar-refractivity contribution in [3.05, 3.63) is 48.0 Å². The molecule has 9 heteroatoms. The lowest BCUT2D eigenvalue weighted by atomic mass is 10.2. The smallest absolute Gasteiger partial charge is 0.341 e. The minimum Gasteiger partial charge on any atom is -0.493 e. The Kier molecular flexibility index (Phi) is 5.58. The summed E-state index contributed by atoms with van der Waals surface area (Å²) in [7, 11) is -1.76. The highest BCUT2D eigenvalue weighted by atomic mass is 32.2. The minimum atomic E-state index is -4.69. The van der Waals surface area contributed by atoms with E-state index in [9.17, 15) is 22.0 Å². The molecular formula is C16H15F2NO5S. The molecule has 0 aromatic heterocycles. The molecule has 1 N–H and O–H groups in total. The normalized spacial score (nSPS) is 11.2. The molecule has 134 valence electrons. The van der Waals surface area contributed by atoms with Crippen molar-refractivity contribution in [3.8, 4) is 11.5 Å². The topological polar surface area (TPSA) is 81.7 Å². The Morgan fingerprint density at radius 3 is 2.12 bits per heavy atom. The van der Waals surface area contributed by atoms with Gasteiger partial charge in [0.1, 0.15) is 0 Å². The molecule has 0 aliphatic carbocycles. The van der Waals surface area contributed by atoms with E-state index < -0.39 is 26.4 Å². The summed E-state index contributed by atoms with van der Waals surface area (Å²) in [5, 5.41) is 2.59. The van der Waals surface area contributed by atoms with Gasteiger partial charge in [-0.25, -0.2) is 8.42 Å². The number of methoxy groups -OCH3 is 2. The molecule has 2 aromatic carbocycles. The Balaban J connectivity index is 2.19. The van der Waals surface area contributed by atoms with Gasteiger partial charge in [-0.05, 0) is 36.4 Å². The Morgan fingerprint density at radius 1 is 1.00 bits per heavy atom. The molecular weight excluding hydrogens is 356 g/mol. The second-order valence-electron chi connectivity index (χ2n) is 4.85. The third-order valence-corrected chi connectivity index (χ3v) is 4.72. The first kappa shape index (κ1) is 18.7. The number of rotatable bonds is 6. The maximum absolute atomic E-state index is 12.5. The van der Waals surface area contributed by atoms with Crippen LogP contribution < -0.4 is 14.8 Å². The summed E-state index contributed by atoms with van der Waals surface area (Å²) in [6, 6.07) is 8.99. The van der Waals surface area contributed by atoms with Gasteiger partial charge in [-0.3, -0.25) is 4.79 Å². The fourth-order valence-corrected chi connectivity index (χ4v) is 2.74. The summed E-state index contributed by atoms with van der Waals surface area (Å²) in [6.07, 6.45) is 0. The van der Waals surface area contributed by atoms with E-state index in [-0.39, 0.29) is 5.56 Å². The van der Waals surface area contributed by atoms with E-state index in [1.54, 1.807) is 18.2 Å². The molecule has 2 rings (SSSR count). The standard InChI is InChI=1S/C16H15F2NO5S/c1-23-13-8-5-11(9-14(13)24-2)19-15(20)10-3-6-12(7-4-10)25(21,22)16(17)18/h3-9,16H,1-2H3,(H,19,20). The van der Waals surface area contributed by atoms with Crippen LogP contribution in [-0.2, 0) is 9.84 Å². The van der Waals surface area contributed by atoms with Crippen molar-refractivity contribution in [1.82, 2.24) is 0 Å². The van der Waals surface area contributed by atoms with Crippen molar-refractivity contribution in [2.45, 2.75) is 10.7 Å². The van der Waals surface area contributed by atoms with Crippen molar-refractivity contribution in [2.24, 2.45) is 0 Å². The van der Waals surface area contributed by atoms with Crippen LogP contribution in [0, 0.1) is 0 Å². The molecule has 0 radical (unpaired) electrons. The molecule has 0 aliphatic rings. The van der Waals surface area contributed by atoms with Crippen LogP contribution in [0.4, 0.5) is 14.5 Å². The lowest BCUT2D eigenvalue weighted by molar-refractivity contribution is 0.102. The van der Waals surface area contributed by atoms with E-state index in [0.29, 0.717) is 17.2 Å². The lowest BCUT2D eigenvalue weighted by Crippen LogP contribution is -2.14. The predicted molar refractivity (Wildman–Crippen MR) is 87.1 cm³/mol. The van der Waals surface area contributed by atoms with E-state index in [2.05, 4.69) is 5.32 Å². The summed E-state index contributed by atoms with van der Waals surface area (Å²) in [5.74, 6) is -3.15. The fraction of sp³-hybridized carbons (Fsp3) is 0.188. The van der Waals surface area contributed by atoms with Crippen molar-refractivity contribution >= 4 is 21.4 Å². The summed E-state index contributed by atoms with van der Waals surface area (Å²) in [4.78, 5) is 11.6. The van der Waals surface area contributed by atoms with Gasteiger partial charge in [-0.2, -0.15) is 8.78 Å². The SMILES string of the molecule is COc1ccc(NC(=O)c2ccc(S(=O)(=O)C(F)F)cc2)cc1OC. The molecule has 0 saturated carbocycles. The van der Waals surface area contributed by atoms with Crippen LogP contribution in [0.2, 0.25) is 0 Å². The molecule has 1 amide bonds. The Bertz CT molecular complexity index is 867. The first-order valence-corrected chi connectivity index (χ1v) is 8.49. The van der Waals surface area contributed by atoms with Crippen LogP contribution in [0.25, 0.3) is 0 Å². The number of sulfone groups is 1. The molecule has 25 heavy (non-hydrogen) atoms. The molecule has 0 heterocycles. The van der Waals surface area contributed by atoms with Crippen LogP contribution in [0.15, 0.2) is 47.4 Å². The molecule has 0 unspecified atom stereocenters. The highest BCUT2D eigenvalue weighted by Gasteiger charge is 2.26. The van der Waals surface area contributed by atoms with Crippen LogP contribution in [-0.4, -0.2) is 34.3 Å². The van der Waals surface area contributed by atoms with Gasteiger partial charge in [-0.15, -0.1) is 0 Å². The van der Waals surface area contributed by atoms with Crippen LogP contribution in [0.1, 0.15) is 10.4 Å². The first-order chi connectivity index (χ1) is 11.8. The predicted octanol–water partition coefficient (Wildman–Crippen LogP) is 2.95. The molecule has 0 spiro atoms. The number of hydrogen-bond acceptors (Lipinski definition) is 5. The van der Waals surface area contributed by atoms with Crippen LogP contribution in [0.5, 0.6) is 11.5 Å². The number of nitrogens with one attached hydrogen (secondary N) is 1. The summed E-state index contributed by atoms with van der Waals surface area (Å²) < 4.78 is 57.9. The zero-order chi connectivity index (χ0) is 18.6. The van der Waals surface area contributed by atoms with Gasteiger partial charge in [0.25, 0.3) is 5.91 Å². The Hall–Kier alpha value is -2.68. The monoisotopic (exact) mass is 371 g/mol. The number of halogens is 2. The highest BCUT2D eigenvalue weighted by molar-refractivity contribution is 7.91. The van der Waals surface area contributed by atoms with Gasteiger partial charge in [0, 0.05) is 17.3 Å². The lowest BCUT2D eigenvalue weighted by Gasteiger charge is -2.11. The number of benzene rings is 2. The second kappa shape index (κ2) is 7.47. The molecule has 0 fully saturated rings. The second-order valence-corrected chi connectivity index (χ2v) is 6.77. The number of alkyl halides is 2. The quantitative estimate of drug-likeness (QED) is 0.844. The van der Waals surface area contributed by atoms with Crippen molar-refractivity contribution in [1.29, 1.82) is 0 Å². The zero-order valence-electron chi connectivity index (χ0n) is 13.3. The van der Waals surface area contributed by atoms with E-state index in [1.165, 1.54) is 14.2 Å². The van der Waals surface area contributed by atoms with Crippen LogP contribution >= 0.6 is 0 Å². The van der Waals surface area contributed by atoms with E-state index >= 15 is 0 Å². The third-order valence-electron chi connectivity index (χ3n) is 3.32. The van der Waals surface area contributed by atoms with E-state index in [1.807, 2.05) is 0 Å². The van der Waals surface area contributed by atoms with E-state index in [0.717, 1.165) is 24.3 Å². The van der Waals surface area contributed by atoms with Crippen LogP contribution in [0.3, 0.4) is 0 Å². The number of anilines is 1. The first-order valence-electron chi connectivity index (χ1n) is 6.95. The molecule has 0 aliphatic heterocycles. The molecule has 2 aromatic rings. The van der Waals surface area contributed by atoms with Crippen molar-refractivity contribution < 1.29 is 31.5 Å². The summed E-state index contributed by atoms with van der Waals surface area (Å²) in [6.45, 7) is 0. The molecule has 0 bridgehead atoms. The van der Waals surface area contributed by atoms with Gasteiger partial charge < -0.3 is 14.8 Å². The van der Waals surface area contributed by atoms with Gasteiger partial charge in [0.05, 0.1) is 19.1 Å². The van der Waals surface area contributed by atoms with Gasteiger partial charge in [0.2, 0.25) is 9.84 Å². The fourth-order valence-electron chi connectivity index (χ4n) is 2.02. The number of hydrogen-bond donors (Lipinski definition) is 1. The molecule has 6 nitrogen and oxygen atoms in total. The number of carbonyl (C=O) groups is 1. The van der Waals surface area contributed by atoms with Gasteiger partial charge >= 0.3 is 5.76 Å². The Labute approximate surface area is 143 Å². The minimum absolute atomic E-state index is 0.114. The van der Waals surface area contributed by atoms with E-state index in [4.69, 9.17) is 9.47 Å².